The van der Waals surface area contributed by atoms with Crippen molar-refractivity contribution in [3.05, 3.63) is 24.3 Å². The Kier molecular flexibility index (Phi) is 5.39. The first-order valence-corrected chi connectivity index (χ1v) is 8.69. The van der Waals surface area contributed by atoms with Crippen LogP contribution < -0.4 is 5.32 Å². The second-order valence-electron chi connectivity index (χ2n) is 6.56. The van der Waals surface area contributed by atoms with Crippen LogP contribution in [0.25, 0.3) is 0 Å². The number of nitrogens with one attached hydrogen (secondary N) is 1. The molecule has 0 amide bonds. The molecule has 1 heterocycles. The fourth-order valence-electron chi connectivity index (χ4n) is 3.33. The van der Waals surface area contributed by atoms with E-state index in [1.807, 2.05) is 12.1 Å². The van der Waals surface area contributed by atoms with Crippen LogP contribution in [0.3, 0.4) is 0 Å². The Morgan fingerprint density at radius 3 is 2.78 bits per heavy atom. The van der Waals surface area contributed by atoms with Crippen LogP contribution in [-0.2, 0) is 4.74 Å². The van der Waals surface area contributed by atoms with E-state index >= 15 is 0 Å². The van der Waals surface area contributed by atoms with Crippen LogP contribution >= 0.6 is 0 Å². The molecule has 1 aliphatic carbocycles. The van der Waals surface area contributed by atoms with Crippen LogP contribution in [0.1, 0.15) is 32.6 Å². The number of benzene rings is 1. The van der Waals surface area contributed by atoms with Crippen LogP contribution in [0.15, 0.2) is 29.3 Å². The zero-order valence-electron chi connectivity index (χ0n) is 13.9. The van der Waals surface area contributed by atoms with Crippen LogP contribution in [0.5, 0.6) is 5.75 Å². The highest BCUT2D eigenvalue weighted by Crippen LogP contribution is 2.27. The van der Waals surface area contributed by atoms with Gasteiger partial charge in [0.05, 0.1) is 19.3 Å². The number of hydrogen-bond donors (Lipinski definition) is 2. The van der Waals surface area contributed by atoms with E-state index in [2.05, 4.69) is 17.1 Å². The summed E-state index contributed by atoms with van der Waals surface area (Å²) >= 11 is 0. The summed E-state index contributed by atoms with van der Waals surface area (Å²) in [6.07, 6.45) is 5.01. The maximum Gasteiger partial charge on any atom is 0.198 e. The zero-order valence-corrected chi connectivity index (χ0v) is 13.9. The molecule has 1 aliphatic heterocycles. The standard InChI is InChI=1S/C18H27N3O2/c1-14-5-2-3-8-17(14)20-18(21-9-11-23-12-10-21)19-15-6-4-7-16(22)13-15/h4,6-7,13-14,17,22H,2-3,5,8-12H2,1H3,(H,19,20). The van der Waals surface area contributed by atoms with Gasteiger partial charge in [0.25, 0.3) is 0 Å². The number of anilines is 1. The second kappa shape index (κ2) is 7.68. The van der Waals surface area contributed by atoms with Gasteiger partial charge in [-0.3, -0.25) is 0 Å². The first kappa shape index (κ1) is 16.1. The molecule has 2 aliphatic rings. The molecule has 1 aromatic carbocycles. The summed E-state index contributed by atoms with van der Waals surface area (Å²) < 4.78 is 5.47. The Hall–Kier alpha value is -1.75. The van der Waals surface area contributed by atoms with E-state index in [1.54, 1.807) is 12.1 Å². The van der Waals surface area contributed by atoms with Gasteiger partial charge in [0.1, 0.15) is 5.75 Å². The lowest BCUT2D eigenvalue weighted by Gasteiger charge is -2.33. The first-order valence-electron chi connectivity index (χ1n) is 8.69. The third-order valence-electron chi connectivity index (χ3n) is 4.77. The summed E-state index contributed by atoms with van der Waals surface area (Å²) in [6.45, 7) is 5.48. The molecule has 0 aromatic heterocycles. The highest BCUT2D eigenvalue weighted by Gasteiger charge is 2.23. The molecule has 0 bridgehead atoms. The van der Waals surface area contributed by atoms with Gasteiger partial charge in [0.15, 0.2) is 5.96 Å². The van der Waals surface area contributed by atoms with Crippen LogP contribution in [0, 0.1) is 5.92 Å². The van der Waals surface area contributed by atoms with Crippen molar-refractivity contribution in [3.63, 3.8) is 0 Å². The van der Waals surface area contributed by atoms with E-state index in [0.29, 0.717) is 12.0 Å². The largest absolute Gasteiger partial charge is 0.508 e. The van der Waals surface area contributed by atoms with Gasteiger partial charge in [0, 0.05) is 24.8 Å². The van der Waals surface area contributed by atoms with Gasteiger partial charge >= 0.3 is 0 Å². The van der Waals surface area contributed by atoms with Crippen molar-refractivity contribution in [2.75, 3.05) is 31.6 Å². The molecule has 2 atom stereocenters. The molecule has 5 nitrogen and oxygen atoms in total. The number of nitrogens with zero attached hydrogens (tertiary/aromatic N) is 2. The topological polar surface area (TPSA) is 57.1 Å². The number of phenols is 1. The van der Waals surface area contributed by atoms with Gasteiger partial charge in [-0.05, 0) is 30.9 Å². The molecule has 5 heteroatoms. The van der Waals surface area contributed by atoms with Crippen molar-refractivity contribution in [1.82, 2.24) is 4.90 Å². The average Bonchev–Trinajstić information content (AvgIpc) is 2.57. The summed E-state index contributed by atoms with van der Waals surface area (Å²) in [5, 5.41) is 13.1. The van der Waals surface area contributed by atoms with Gasteiger partial charge in [0.2, 0.25) is 0 Å². The number of morpholine rings is 1. The maximum absolute atomic E-state index is 9.69. The Bertz CT molecular complexity index is 541. The van der Waals surface area contributed by atoms with E-state index in [0.717, 1.165) is 44.4 Å². The summed E-state index contributed by atoms with van der Waals surface area (Å²) in [6, 6.07) is 7.60. The number of guanidine groups is 1. The minimum atomic E-state index is 0.266. The predicted octanol–water partition coefficient (Wildman–Crippen LogP) is 3.07. The van der Waals surface area contributed by atoms with Crippen molar-refractivity contribution >= 4 is 11.6 Å². The Balaban J connectivity index is 1.80. The van der Waals surface area contributed by atoms with Gasteiger partial charge < -0.3 is 20.1 Å². The monoisotopic (exact) mass is 317 g/mol. The lowest BCUT2D eigenvalue weighted by atomic mass is 9.86. The van der Waals surface area contributed by atoms with E-state index in [1.165, 1.54) is 19.3 Å². The number of ether oxygens (including phenoxy) is 1. The van der Waals surface area contributed by atoms with Crippen molar-refractivity contribution < 1.29 is 9.84 Å². The summed E-state index contributed by atoms with van der Waals surface area (Å²) in [5.41, 5.74) is 0.874. The quantitative estimate of drug-likeness (QED) is 0.650. The second-order valence-corrected chi connectivity index (χ2v) is 6.56. The third-order valence-corrected chi connectivity index (χ3v) is 4.77. The van der Waals surface area contributed by atoms with Crippen molar-refractivity contribution in [3.8, 4) is 5.75 Å². The van der Waals surface area contributed by atoms with Crippen LogP contribution in [0.2, 0.25) is 0 Å². The smallest absolute Gasteiger partial charge is 0.198 e. The van der Waals surface area contributed by atoms with Crippen LogP contribution in [0.4, 0.5) is 5.69 Å². The predicted molar refractivity (Wildman–Crippen MR) is 93.0 cm³/mol. The molecule has 3 rings (SSSR count). The summed E-state index contributed by atoms with van der Waals surface area (Å²) in [5.74, 6) is 1.81. The molecule has 1 aromatic rings. The molecular formula is C18H27N3O2. The Morgan fingerprint density at radius 2 is 2.04 bits per heavy atom. The molecular weight excluding hydrogens is 290 g/mol. The highest BCUT2D eigenvalue weighted by atomic mass is 16.5. The third kappa shape index (κ3) is 4.38. The lowest BCUT2D eigenvalue weighted by Crippen LogP contribution is -2.45. The normalized spacial score (nSPS) is 26.1. The maximum atomic E-state index is 9.69. The fourth-order valence-corrected chi connectivity index (χ4v) is 3.33. The summed E-state index contributed by atoms with van der Waals surface area (Å²) in [7, 11) is 0. The average molecular weight is 317 g/mol. The molecule has 2 unspecified atom stereocenters. The first-order chi connectivity index (χ1) is 11.2. The molecule has 1 saturated carbocycles. The number of aromatic hydroxyl groups is 1. The van der Waals surface area contributed by atoms with Gasteiger partial charge in [-0.15, -0.1) is 0 Å². The lowest BCUT2D eigenvalue weighted by molar-refractivity contribution is 0.0676. The Morgan fingerprint density at radius 1 is 1.26 bits per heavy atom. The number of phenolic OH excluding ortho intramolecular Hbond substituents is 1. The highest BCUT2D eigenvalue weighted by molar-refractivity contribution is 5.94. The van der Waals surface area contributed by atoms with Crippen LogP contribution in [-0.4, -0.2) is 48.3 Å². The van der Waals surface area contributed by atoms with Gasteiger partial charge in [-0.1, -0.05) is 25.8 Å². The van der Waals surface area contributed by atoms with Crippen molar-refractivity contribution in [2.45, 2.75) is 38.6 Å². The van der Waals surface area contributed by atoms with Crippen molar-refractivity contribution in [1.29, 1.82) is 0 Å². The number of aliphatic imine (C=N–C) groups is 1. The SMILES string of the molecule is CC1CCCCC1N=C(Nc1cccc(O)c1)N1CCOCC1. The number of rotatable bonds is 2. The molecule has 0 spiro atoms. The minimum absolute atomic E-state index is 0.266. The molecule has 1 saturated heterocycles. The summed E-state index contributed by atoms with van der Waals surface area (Å²) in [4.78, 5) is 7.32. The number of hydrogen-bond acceptors (Lipinski definition) is 3. The Labute approximate surface area is 138 Å². The van der Waals surface area contributed by atoms with E-state index < -0.39 is 0 Å². The van der Waals surface area contributed by atoms with E-state index in [-0.39, 0.29) is 5.75 Å². The minimum Gasteiger partial charge on any atom is -0.508 e. The molecule has 23 heavy (non-hydrogen) atoms. The molecule has 2 fully saturated rings. The fraction of sp³-hybridized carbons (Fsp3) is 0.611. The molecule has 126 valence electrons. The molecule has 2 N–H and O–H groups in total. The van der Waals surface area contributed by atoms with Gasteiger partial charge in [-0.2, -0.15) is 0 Å². The zero-order chi connectivity index (χ0) is 16.1. The molecule has 0 radical (unpaired) electrons. The van der Waals surface area contributed by atoms with E-state index in [9.17, 15) is 5.11 Å². The van der Waals surface area contributed by atoms with Crippen molar-refractivity contribution in [2.24, 2.45) is 10.9 Å². The van der Waals surface area contributed by atoms with E-state index in [4.69, 9.17) is 9.73 Å². The van der Waals surface area contributed by atoms with Gasteiger partial charge in [-0.25, -0.2) is 4.99 Å².